The smallest absolute Gasteiger partial charge is 0.251 e. The van der Waals surface area contributed by atoms with Crippen LogP contribution in [0, 0.1) is 0 Å². The molecule has 2 rings (SSSR count). The molecule has 1 aromatic carbocycles. The van der Waals surface area contributed by atoms with Gasteiger partial charge in [-0.1, -0.05) is 24.3 Å². The standard InChI is InChI=1S/C18H24N4OS/c1-2-19-18(21-11-10-16-9-6-14-24-16)22-13-12-20-17(23)15-7-4-3-5-8-15/h3-9,14H,2,10-13H2,1H3,(H,20,23)(H2,19,21,22). The highest BCUT2D eigenvalue weighted by Crippen LogP contribution is 2.08. The third-order valence-electron chi connectivity index (χ3n) is 3.29. The molecule has 0 bridgehead atoms. The van der Waals surface area contributed by atoms with Crippen molar-refractivity contribution in [1.82, 2.24) is 16.0 Å². The first-order chi connectivity index (χ1) is 11.8. The minimum atomic E-state index is -0.0583. The number of carbonyl (C=O) groups excluding carboxylic acids is 1. The Labute approximate surface area is 147 Å². The van der Waals surface area contributed by atoms with Crippen molar-refractivity contribution < 1.29 is 4.79 Å². The first kappa shape index (κ1) is 18.0. The Hall–Kier alpha value is -2.34. The topological polar surface area (TPSA) is 65.5 Å². The molecule has 0 aliphatic heterocycles. The van der Waals surface area contributed by atoms with E-state index in [1.54, 1.807) is 23.5 Å². The Morgan fingerprint density at radius 2 is 1.83 bits per heavy atom. The molecule has 1 amide bonds. The van der Waals surface area contributed by atoms with Crippen molar-refractivity contribution in [2.45, 2.75) is 13.3 Å². The zero-order valence-electron chi connectivity index (χ0n) is 13.9. The highest BCUT2D eigenvalue weighted by molar-refractivity contribution is 7.09. The Kier molecular flexibility index (Phi) is 7.83. The summed E-state index contributed by atoms with van der Waals surface area (Å²) < 4.78 is 0. The van der Waals surface area contributed by atoms with Gasteiger partial charge in [-0.15, -0.1) is 11.3 Å². The lowest BCUT2D eigenvalue weighted by atomic mass is 10.2. The van der Waals surface area contributed by atoms with Crippen molar-refractivity contribution >= 4 is 23.2 Å². The Morgan fingerprint density at radius 3 is 2.54 bits per heavy atom. The van der Waals surface area contributed by atoms with Crippen LogP contribution in [0.15, 0.2) is 52.8 Å². The van der Waals surface area contributed by atoms with Crippen LogP contribution in [0.3, 0.4) is 0 Å². The molecule has 0 unspecified atom stereocenters. The molecule has 0 saturated heterocycles. The summed E-state index contributed by atoms with van der Waals surface area (Å²) in [6.45, 7) is 4.76. The average molecular weight is 344 g/mol. The monoisotopic (exact) mass is 344 g/mol. The number of nitrogens with zero attached hydrogens (tertiary/aromatic N) is 1. The van der Waals surface area contributed by atoms with Gasteiger partial charge in [-0.25, -0.2) is 0 Å². The largest absolute Gasteiger partial charge is 0.357 e. The second-order valence-electron chi connectivity index (χ2n) is 5.14. The number of nitrogens with one attached hydrogen (secondary N) is 3. The van der Waals surface area contributed by atoms with Crippen molar-refractivity contribution in [2.75, 3.05) is 26.2 Å². The molecular weight excluding hydrogens is 320 g/mol. The molecule has 3 N–H and O–H groups in total. The molecule has 0 fully saturated rings. The molecule has 128 valence electrons. The van der Waals surface area contributed by atoms with Crippen LogP contribution in [-0.2, 0) is 6.42 Å². The number of guanidine groups is 1. The second-order valence-corrected chi connectivity index (χ2v) is 6.17. The molecule has 1 heterocycles. The molecule has 0 aliphatic carbocycles. The predicted molar refractivity (Wildman–Crippen MR) is 101 cm³/mol. The lowest BCUT2D eigenvalue weighted by Crippen LogP contribution is -2.41. The van der Waals surface area contributed by atoms with E-state index >= 15 is 0 Å². The third kappa shape index (κ3) is 6.42. The van der Waals surface area contributed by atoms with Crippen LogP contribution in [0.25, 0.3) is 0 Å². The molecule has 5 nitrogen and oxygen atoms in total. The van der Waals surface area contributed by atoms with Crippen LogP contribution in [-0.4, -0.2) is 38.0 Å². The van der Waals surface area contributed by atoms with Gasteiger partial charge in [-0.05, 0) is 30.5 Å². The first-order valence-electron chi connectivity index (χ1n) is 8.17. The summed E-state index contributed by atoms with van der Waals surface area (Å²) in [5.41, 5.74) is 0.675. The number of aliphatic imine (C=N–C) groups is 1. The number of rotatable bonds is 8. The fourth-order valence-electron chi connectivity index (χ4n) is 2.12. The van der Waals surface area contributed by atoms with Crippen LogP contribution < -0.4 is 16.0 Å². The summed E-state index contributed by atoms with van der Waals surface area (Å²) in [6.07, 6.45) is 0.943. The molecule has 0 aliphatic rings. The average Bonchev–Trinajstić information content (AvgIpc) is 3.12. The highest BCUT2D eigenvalue weighted by Gasteiger charge is 2.03. The van der Waals surface area contributed by atoms with Gasteiger partial charge in [0, 0.05) is 43.0 Å². The van der Waals surface area contributed by atoms with E-state index in [0.29, 0.717) is 18.7 Å². The summed E-state index contributed by atoms with van der Waals surface area (Å²) >= 11 is 1.75. The van der Waals surface area contributed by atoms with Crippen LogP contribution in [0.4, 0.5) is 0 Å². The van der Waals surface area contributed by atoms with Crippen molar-refractivity contribution in [2.24, 2.45) is 4.99 Å². The molecule has 0 radical (unpaired) electrons. The first-order valence-corrected chi connectivity index (χ1v) is 9.05. The normalized spacial score (nSPS) is 11.1. The fraction of sp³-hybridized carbons (Fsp3) is 0.333. The van der Waals surface area contributed by atoms with Crippen molar-refractivity contribution in [3.05, 3.63) is 58.3 Å². The quantitative estimate of drug-likeness (QED) is 0.391. The summed E-state index contributed by atoms with van der Waals surface area (Å²) in [7, 11) is 0. The Bertz CT molecular complexity index is 626. The summed E-state index contributed by atoms with van der Waals surface area (Å²) in [5.74, 6) is 0.722. The minimum absolute atomic E-state index is 0.0583. The van der Waals surface area contributed by atoms with Crippen molar-refractivity contribution in [3.8, 4) is 0 Å². The highest BCUT2D eigenvalue weighted by atomic mass is 32.1. The van der Waals surface area contributed by atoms with Gasteiger partial charge in [-0.3, -0.25) is 9.79 Å². The van der Waals surface area contributed by atoms with E-state index in [-0.39, 0.29) is 5.91 Å². The van der Waals surface area contributed by atoms with E-state index < -0.39 is 0 Å². The van der Waals surface area contributed by atoms with E-state index in [4.69, 9.17) is 0 Å². The van der Waals surface area contributed by atoms with Gasteiger partial charge in [0.1, 0.15) is 0 Å². The summed E-state index contributed by atoms with van der Waals surface area (Å²) in [6, 6.07) is 13.4. The Balaban J connectivity index is 1.69. The maximum atomic E-state index is 11.9. The SMILES string of the molecule is CCNC(=NCCc1cccs1)NCCNC(=O)c1ccccc1. The van der Waals surface area contributed by atoms with Gasteiger partial charge in [0.05, 0.1) is 0 Å². The molecule has 0 saturated carbocycles. The number of amides is 1. The number of hydrogen-bond acceptors (Lipinski definition) is 3. The lowest BCUT2D eigenvalue weighted by molar-refractivity contribution is 0.0954. The predicted octanol–water partition coefficient (Wildman–Crippen LogP) is 2.28. The third-order valence-corrected chi connectivity index (χ3v) is 4.23. The minimum Gasteiger partial charge on any atom is -0.357 e. The molecule has 0 atom stereocenters. The number of thiophene rings is 1. The maximum Gasteiger partial charge on any atom is 0.251 e. The number of carbonyl (C=O) groups is 1. The number of hydrogen-bond donors (Lipinski definition) is 3. The zero-order chi connectivity index (χ0) is 17.0. The van der Waals surface area contributed by atoms with Gasteiger partial charge in [0.25, 0.3) is 5.91 Å². The van der Waals surface area contributed by atoms with E-state index in [1.165, 1.54) is 4.88 Å². The molecule has 24 heavy (non-hydrogen) atoms. The van der Waals surface area contributed by atoms with Gasteiger partial charge in [0.2, 0.25) is 0 Å². The van der Waals surface area contributed by atoms with Crippen molar-refractivity contribution in [3.63, 3.8) is 0 Å². The van der Waals surface area contributed by atoms with Gasteiger partial charge < -0.3 is 16.0 Å². The second kappa shape index (κ2) is 10.4. The van der Waals surface area contributed by atoms with E-state index in [2.05, 4.69) is 38.5 Å². The van der Waals surface area contributed by atoms with Gasteiger partial charge in [-0.2, -0.15) is 0 Å². The van der Waals surface area contributed by atoms with Crippen LogP contribution >= 0.6 is 11.3 Å². The van der Waals surface area contributed by atoms with E-state index in [9.17, 15) is 4.79 Å². The van der Waals surface area contributed by atoms with Gasteiger partial charge in [0.15, 0.2) is 5.96 Å². The van der Waals surface area contributed by atoms with Crippen molar-refractivity contribution in [1.29, 1.82) is 0 Å². The van der Waals surface area contributed by atoms with E-state index in [1.807, 2.05) is 25.1 Å². The maximum absolute atomic E-state index is 11.9. The molecule has 6 heteroatoms. The van der Waals surface area contributed by atoms with Gasteiger partial charge >= 0.3 is 0 Å². The Morgan fingerprint density at radius 1 is 1.04 bits per heavy atom. The van der Waals surface area contributed by atoms with Crippen LogP contribution in [0.1, 0.15) is 22.2 Å². The fourth-order valence-corrected chi connectivity index (χ4v) is 2.82. The molecular formula is C18H24N4OS. The molecule has 2 aromatic rings. The number of benzene rings is 1. The van der Waals surface area contributed by atoms with Crippen LogP contribution in [0.2, 0.25) is 0 Å². The zero-order valence-corrected chi connectivity index (χ0v) is 14.7. The summed E-state index contributed by atoms with van der Waals surface area (Å²) in [4.78, 5) is 17.8. The molecule has 1 aromatic heterocycles. The van der Waals surface area contributed by atoms with E-state index in [0.717, 1.165) is 25.5 Å². The summed E-state index contributed by atoms with van der Waals surface area (Å²) in [5, 5.41) is 11.4. The van der Waals surface area contributed by atoms with Crippen LogP contribution in [0.5, 0.6) is 0 Å². The lowest BCUT2D eigenvalue weighted by Gasteiger charge is -2.11. The molecule has 0 spiro atoms.